The van der Waals surface area contributed by atoms with Crippen molar-refractivity contribution in [3.63, 3.8) is 0 Å². The molecule has 1 saturated heterocycles. The maximum atomic E-state index is 13.0. The number of halogens is 2. The molecule has 0 aliphatic carbocycles. The summed E-state index contributed by atoms with van der Waals surface area (Å²) in [6.07, 6.45) is 3.22. The third-order valence-corrected chi connectivity index (χ3v) is 3.04. The van der Waals surface area contributed by atoms with Gasteiger partial charge in [0.05, 0.1) is 5.02 Å². The van der Waals surface area contributed by atoms with Crippen LogP contribution in [0.1, 0.15) is 30.9 Å². The molecule has 1 fully saturated rings. The summed E-state index contributed by atoms with van der Waals surface area (Å²) in [6, 6.07) is 2.68. The monoisotopic (exact) mass is 229 g/mol. The van der Waals surface area contributed by atoms with E-state index in [2.05, 4.69) is 5.32 Å². The van der Waals surface area contributed by atoms with Crippen LogP contribution in [0.4, 0.5) is 4.39 Å². The smallest absolute Gasteiger partial charge is 0.145 e. The topological polar surface area (TPSA) is 32.3 Å². The number of hydrogen-bond donors (Lipinski definition) is 2. The fraction of sp³-hybridized carbons (Fsp3) is 0.455. The molecule has 1 aromatic carbocycles. The summed E-state index contributed by atoms with van der Waals surface area (Å²) in [5.74, 6) is -0.593. The summed E-state index contributed by atoms with van der Waals surface area (Å²) >= 11 is 5.69. The normalized spacial score (nSPS) is 21.6. The number of hydrogen-bond acceptors (Lipinski definition) is 2. The first-order chi connectivity index (χ1) is 7.18. The number of nitrogens with one attached hydrogen (secondary N) is 1. The largest absolute Gasteiger partial charge is 0.508 e. The van der Waals surface area contributed by atoms with Crippen molar-refractivity contribution in [1.82, 2.24) is 5.32 Å². The van der Waals surface area contributed by atoms with Crippen LogP contribution in [0, 0.1) is 5.82 Å². The quantitative estimate of drug-likeness (QED) is 0.776. The van der Waals surface area contributed by atoms with Crippen LogP contribution in [-0.4, -0.2) is 11.7 Å². The lowest BCUT2D eigenvalue weighted by molar-refractivity contribution is 0.389. The second kappa shape index (κ2) is 4.37. The predicted molar refractivity (Wildman–Crippen MR) is 57.7 cm³/mol. The Kier molecular flexibility index (Phi) is 3.12. The maximum absolute atomic E-state index is 13.0. The molecular weight excluding hydrogens is 217 g/mol. The van der Waals surface area contributed by atoms with E-state index in [9.17, 15) is 9.50 Å². The number of benzene rings is 1. The van der Waals surface area contributed by atoms with Gasteiger partial charge in [-0.1, -0.05) is 18.0 Å². The van der Waals surface area contributed by atoms with Crippen molar-refractivity contribution in [2.75, 3.05) is 6.54 Å². The first kappa shape index (κ1) is 10.7. The van der Waals surface area contributed by atoms with Crippen LogP contribution >= 0.6 is 11.6 Å². The molecule has 82 valence electrons. The van der Waals surface area contributed by atoms with Gasteiger partial charge in [-0.05, 0) is 25.5 Å². The van der Waals surface area contributed by atoms with Crippen LogP contribution in [0.25, 0.3) is 0 Å². The van der Waals surface area contributed by atoms with Gasteiger partial charge in [-0.3, -0.25) is 0 Å². The van der Waals surface area contributed by atoms with Gasteiger partial charge in [0, 0.05) is 17.7 Å². The molecule has 1 aliphatic rings. The molecule has 4 heteroatoms. The molecule has 15 heavy (non-hydrogen) atoms. The van der Waals surface area contributed by atoms with Gasteiger partial charge in [0.15, 0.2) is 0 Å². The van der Waals surface area contributed by atoms with E-state index in [1.807, 2.05) is 0 Å². The molecule has 0 radical (unpaired) electrons. The summed E-state index contributed by atoms with van der Waals surface area (Å²) in [7, 11) is 0. The summed E-state index contributed by atoms with van der Waals surface area (Å²) in [5, 5.41) is 13.0. The maximum Gasteiger partial charge on any atom is 0.145 e. The second-order valence-electron chi connectivity index (χ2n) is 3.83. The Hall–Kier alpha value is -0.800. The van der Waals surface area contributed by atoms with Crippen LogP contribution in [-0.2, 0) is 0 Å². The van der Waals surface area contributed by atoms with Crippen LogP contribution < -0.4 is 5.32 Å². The van der Waals surface area contributed by atoms with Gasteiger partial charge in [-0.15, -0.1) is 0 Å². The van der Waals surface area contributed by atoms with E-state index in [0.29, 0.717) is 5.56 Å². The highest BCUT2D eigenvalue weighted by Gasteiger charge is 2.19. The van der Waals surface area contributed by atoms with Crippen molar-refractivity contribution >= 4 is 11.6 Å². The van der Waals surface area contributed by atoms with Gasteiger partial charge in [-0.2, -0.15) is 0 Å². The van der Waals surface area contributed by atoms with Crippen molar-refractivity contribution in [2.24, 2.45) is 0 Å². The van der Waals surface area contributed by atoms with Crippen LogP contribution in [0.5, 0.6) is 5.75 Å². The van der Waals surface area contributed by atoms with E-state index in [1.54, 1.807) is 0 Å². The predicted octanol–water partition coefficient (Wildman–Crippen LogP) is 3.00. The number of aromatic hydroxyl groups is 1. The Bertz CT molecular complexity index is 364. The van der Waals surface area contributed by atoms with E-state index in [0.717, 1.165) is 31.9 Å². The highest BCUT2D eigenvalue weighted by atomic mass is 35.5. The van der Waals surface area contributed by atoms with Crippen molar-refractivity contribution < 1.29 is 9.50 Å². The Morgan fingerprint density at radius 1 is 1.40 bits per heavy atom. The minimum absolute atomic E-state index is 0.0173. The average molecular weight is 230 g/mol. The zero-order valence-electron chi connectivity index (χ0n) is 8.26. The Morgan fingerprint density at radius 3 is 2.87 bits per heavy atom. The summed E-state index contributed by atoms with van der Waals surface area (Å²) < 4.78 is 13.0. The van der Waals surface area contributed by atoms with Gasteiger partial charge < -0.3 is 10.4 Å². The van der Waals surface area contributed by atoms with Gasteiger partial charge in [0.25, 0.3) is 0 Å². The molecule has 1 atom stereocenters. The highest BCUT2D eigenvalue weighted by Crippen LogP contribution is 2.33. The number of phenolic OH excluding ortho intramolecular Hbond substituents is 1. The van der Waals surface area contributed by atoms with Crippen molar-refractivity contribution in [1.29, 1.82) is 0 Å². The highest BCUT2D eigenvalue weighted by molar-refractivity contribution is 6.30. The lowest BCUT2D eigenvalue weighted by Gasteiger charge is -2.24. The molecule has 2 nitrogen and oxygen atoms in total. The Labute approximate surface area is 93.1 Å². The molecule has 1 aliphatic heterocycles. The van der Waals surface area contributed by atoms with Gasteiger partial charge in [0.2, 0.25) is 0 Å². The van der Waals surface area contributed by atoms with Crippen molar-refractivity contribution in [2.45, 2.75) is 25.3 Å². The minimum atomic E-state index is -0.575. The molecule has 2 rings (SSSR count). The molecule has 0 saturated carbocycles. The molecule has 0 spiro atoms. The van der Waals surface area contributed by atoms with Gasteiger partial charge >= 0.3 is 0 Å². The molecule has 1 aromatic rings. The zero-order chi connectivity index (χ0) is 10.8. The number of rotatable bonds is 1. The molecule has 1 unspecified atom stereocenters. The van der Waals surface area contributed by atoms with E-state index in [4.69, 9.17) is 11.6 Å². The van der Waals surface area contributed by atoms with Crippen molar-refractivity contribution in [3.8, 4) is 5.75 Å². The fourth-order valence-electron chi connectivity index (χ4n) is 1.95. The second-order valence-corrected chi connectivity index (χ2v) is 4.23. The van der Waals surface area contributed by atoms with Gasteiger partial charge in [0.1, 0.15) is 11.6 Å². The van der Waals surface area contributed by atoms with Crippen LogP contribution in [0.3, 0.4) is 0 Å². The summed E-state index contributed by atoms with van der Waals surface area (Å²) in [6.45, 7) is 0.930. The van der Waals surface area contributed by atoms with Gasteiger partial charge in [-0.25, -0.2) is 4.39 Å². The van der Waals surface area contributed by atoms with Crippen LogP contribution in [0.15, 0.2) is 12.1 Å². The molecule has 0 bridgehead atoms. The first-order valence-electron chi connectivity index (χ1n) is 5.10. The summed E-state index contributed by atoms with van der Waals surface area (Å²) in [4.78, 5) is 0. The third-order valence-electron chi connectivity index (χ3n) is 2.76. The molecule has 0 amide bonds. The standard InChI is InChI=1S/C11H13ClFNO/c12-8-5-7(11(15)6-9(8)13)10-3-1-2-4-14-10/h5-6,10,14-15H,1-4H2. The fourth-order valence-corrected chi connectivity index (χ4v) is 2.12. The summed E-state index contributed by atoms with van der Waals surface area (Å²) in [5.41, 5.74) is 0.695. The minimum Gasteiger partial charge on any atom is -0.508 e. The number of phenols is 1. The Balaban J connectivity index is 2.30. The van der Waals surface area contributed by atoms with E-state index in [-0.39, 0.29) is 16.8 Å². The lowest BCUT2D eigenvalue weighted by atomic mass is 9.97. The number of piperidine rings is 1. The average Bonchev–Trinajstić information content (AvgIpc) is 2.25. The van der Waals surface area contributed by atoms with E-state index in [1.165, 1.54) is 6.07 Å². The SMILES string of the molecule is Oc1cc(F)c(Cl)cc1C1CCCCN1. The third kappa shape index (κ3) is 2.24. The zero-order valence-corrected chi connectivity index (χ0v) is 9.02. The lowest BCUT2D eigenvalue weighted by Crippen LogP contribution is -2.26. The molecule has 2 N–H and O–H groups in total. The van der Waals surface area contributed by atoms with Crippen LogP contribution in [0.2, 0.25) is 5.02 Å². The molecule has 1 heterocycles. The van der Waals surface area contributed by atoms with E-state index >= 15 is 0 Å². The molecular formula is C11H13ClFNO. The Morgan fingerprint density at radius 2 is 2.20 bits per heavy atom. The van der Waals surface area contributed by atoms with Crippen molar-refractivity contribution in [3.05, 3.63) is 28.5 Å². The van der Waals surface area contributed by atoms with E-state index < -0.39 is 5.82 Å². The first-order valence-corrected chi connectivity index (χ1v) is 5.47. The molecule has 0 aromatic heterocycles.